The van der Waals surface area contributed by atoms with Crippen molar-refractivity contribution in [3.05, 3.63) is 23.8 Å². The zero-order valence-corrected chi connectivity index (χ0v) is 12.8. The molecule has 7 heteroatoms. The summed E-state index contributed by atoms with van der Waals surface area (Å²) in [6.45, 7) is 5.78. The third-order valence-corrected chi connectivity index (χ3v) is 2.76. The molecule has 1 aliphatic rings. The molecule has 1 atom stereocenters. The van der Waals surface area contributed by atoms with Gasteiger partial charge in [-0.15, -0.1) is 0 Å². The predicted octanol–water partition coefficient (Wildman–Crippen LogP) is 1.94. The molecule has 1 aromatic rings. The van der Waals surface area contributed by atoms with Gasteiger partial charge >= 0.3 is 12.1 Å². The number of hydrogen-bond acceptors (Lipinski definition) is 7. The lowest BCUT2D eigenvalue weighted by molar-refractivity contribution is -0.143. The van der Waals surface area contributed by atoms with Crippen molar-refractivity contribution >= 4 is 12.1 Å². The molecule has 0 aliphatic carbocycles. The summed E-state index contributed by atoms with van der Waals surface area (Å²) in [4.78, 5) is 23.5. The van der Waals surface area contributed by atoms with Crippen LogP contribution in [0.25, 0.3) is 0 Å². The summed E-state index contributed by atoms with van der Waals surface area (Å²) in [6, 6.07) is 3.84. The molecule has 120 valence electrons. The summed E-state index contributed by atoms with van der Waals surface area (Å²) < 4.78 is 20.4. The lowest BCUT2D eigenvalue weighted by Crippen LogP contribution is -2.31. The average molecular weight is 309 g/mol. The molecule has 0 spiro atoms. The van der Waals surface area contributed by atoms with Crippen molar-refractivity contribution in [1.82, 2.24) is 0 Å². The second kappa shape index (κ2) is 6.23. The summed E-state index contributed by atoms with van der Waals surface area (Å²) in [7, 11) is 0. The minimum atomic E-state index is -1.18. The molecule has 0 amide bonds. The Hall–Kier alpha value is -2.28. The number of esters is 1. The van der Waals surface area contributed by atoms with E-state index in [0.29, 0.717) is 30.3 Å². The first-order valence-corrected chi connectivity index (χ1v) is 6.87. The Bertz CT molecular complexity index is 578. The SMILES string of the molecule is CC(C)(C)OC(=O)OC(=O)C(N)c1cccc2c1OCCO2. The molecule has 0 aromatic heterocycles. The zero-order chi connectivity index (χ0) is 16.3. The lowest BCUT2D eigenvalue weighted by Gasteiger charge is -2.23. The molecule has 0 saturated carbocycles. The number of ether oxygens (including phenoxy) is 4. The van der Waals surface area contributed by atoms with Gasteiger partial charge in [0, 0.05) is 5.56 Å². The molecule has 0 bridgehead atoms. The van der Waals surface area contributed by atoms with Crippen molar-refractivity contribution in [3.8, 4) is 11.5 Å². The highest BCUT2D eigenvalue weighted by Crippen LogP contribution is 2.36. The fourth-order valence-corrected chi connectivity index (χ4v) is 1.88. The lowest BCUT2D eigenvalue weighted by atomic mass is 10.1. The van der Waals surface area contributed by atoms with Gasteiger partial charge in [-0.05, 0) is 26.8 Å². The largest absolute Gasteiger partial charge is 0.516 e. The van der Waals surface area contributed by atoms with E-state index in [4.69, 9.17) is 19.9 Å². The molecular formula is C15H19NO6. The summed E-state index contributed by atoms with van der Waals surface area (Å²) in [6.07, 6.45) is -1.09. The number of hydrogen-bond donors (Lipinski definition) is 1. The number of nitrogens with two attached hydrogens (primary N) is 1. The smallest absolute Gasteiger partial charge is 0.486 e. The number of fused-ring (bicyclic) bond motifs is 1. The number of benzene rings is 1. The Morgan fingerprint density at radius 1 is 1.23 bits per heavy atom. The Morgan fingerprint density at radius 3 is 2.59 bits per heavy atom. The number of carbonyl (C=O) groups is 2. The van der Waals surface area contributed by atoms with Crippen LogP contribution in [0.15, 0.2) is 18.2 Å². The van der Waals surface area contributed by atoms with Gasteiger partial charge in [-0.25, -0.2) is 9.59 Å². The van der Waals surface area contributed by atoms with Crippen LogP contribution in [-0.4, -0.2) is 30.9 Å². The van der Waals surface area contributed by atoms with Crippen molar-refractivity contribution in [2.24, 2.45) is 5.73 Å². The summed E-state index contributed by atoms with van der Waals surface area (Å²) >= 11 is 0. The van der Waals surface area contributed by atoms with Gasteiger partial charge in [-0.2, -0.15) is 0 Å². The van der Waals surface area contributed by atoms with Crippen molar-refractivity contribution < 1.29 is 28.5 Å². The minimum absolute atomic E-state index is 0.359. The van der Waals surface area contributed by atoms with Crippen LogP contribution in [0.4, 0.5) is 4.79 Å². The maximum Gasteiger partial charge on any atom is 0.516 e. The van der Waals surface area contributed by atoms with E-state index in [2.05, 4.69) is 4.74 Å². The molecule has 0 radical (unpaired) electrons. The number of rotatable bonds is 2. The minimum Gasteiger partial charge on any atom is -0.486 e. The van der Waals surface area contributed by atoms with Crippen LogP contribution >= 0.6 is 0 Å². The van der Waals surface area contributed by atoms with Crippen LogP contribution in [0.2, 0.25) is 0 Å². The highest BCUT2D eigenvalue weighted by atomic mass is 16.7. The van der Waals surface area contributed by atoms with E-state index >= 15 is 0 Å². The fourth-order valence-electron chi connectivity index (χ4n) is 1.88. The Morgan fingerprint density at radius 2 is 1.91 bits per heavy atom. The van der Waals surface area contributed by atoms with Crippen LogP contribution in [0.1, 0.15) is 32.4 Å². The Kier molecular flexibility index (Phi) is 4.56. The van der Waals surface area contributed by atoms with E-state index in [1.807, 2.05) is 0 Å². The zero-order valence-electron chi connectivity index (χ0n) is 12.8. The number of para-hydroxylation sites is 1. The van der Waals surface area contributed by atoms with E-state index in [-0.39, 0.29) is 0 Å². The van der Waals surface area contributed by atoms with Crippen LogP contribution in [0, 0.1) is 0 Å². The monoisotopic (exact) mass is 309 g/mol. The van der Waals surface area contributed by atoms with E-state index in [0.717, 1.165) is 0 Å². The topological polar surface area (TPSA) is 97.1 Å². The predicted molar refractivity (Wildman–Crippen MR) is 76.7 cm³/mol. The van der Waals surface area contributed by atoms with Gasteiger partial charge in [-0.3, -0.25) is 0 Å². The van der Waals surface area contributed by atoms with Crippen molar-refractivity contribution in [2.45, 2.75) is 32.4 Å². The van der Waals surface area contributed by atoms with E-state index < -0.39 is 23.8 Å². The normalized spacial score (nSPS) is 14.9. The molecule has 1 heterocycles. The first kappa shape index (κ1) is 16.1. The first-order valence-electron chi connectivity index (χ1n) is 6.87. The van der Waals surface area contributed by atoms with Gasteiger partial charge in [0.15, 0.2) is 11.5 Å². The van der Waals surface area contributed by atoms with Crippen LogP contribution < -0.4 is 15.2 Å². The second-order valence-corrected chi connectivity index (χ2v) is 5.73. The van der Waals surface area contributed by atoms with E-state index in [1.165, 1.54) is 0 Å². The second-order valence-electron chi connectivity index (χ2n) is 5.73. The maximum atomic E-state index is 12.0. The number of carbonyl (C=O) groups excluding carboxylic acids is 2. The van der Waals surface area contributed by atoms with E-state index in [1.54, 1.807) is 39.0 Å². The third-order valence-electron chi connectivity index (χ3n) is 2.76. The van der Waals surface area contributed by atoms with Gasteiger partial charge in [-0.1, -0.05) is 12.1 Å². The molecule has 0 saturated heterocycles. The van der Waals surface area contributed by atoms with Crippen LogP contribution in [0.3, 0.4) is 0 Å². The van der Waals surface area contributed by atoms with Crippen molar-refractivity contribution in [1.29, 1.82) is 0 Å². The molecule has 2 N–H and O–H groups in total. The molecule has 1 aromatic carbocycles. The van der Waals surface area contributed by atoms with E-state index in [9.17, 15) is 9.59 Å². The van der Waals surface area contributed by atoms with Gasteiger partial charge in [0.05, 0.1) is 0 Å². The maximum absolute atomic E-state index is 12.0. The molecule has 0 fully saturated rings. The van der Waals surface area contributed by atoms with Gasteiger partial charge < -0.3 is 24.7 Å². The molecule has 1 aliphatic heterocycles. The highest BCUT2D eigenvalue weighted by Gasteiger charge is 2.28. The Balaban J connectivity index is 2.10. The molecule has 22 heavy (non-hydrogen) atoms. The molecule has 1 unspecified atom stereocenters. The van der Waals surface area contributed by atoms with Gasteiger partial charge in [0.1, 0.15) is 24.9 Å². The fraction of sp³-hybridized carbons (Fsp3) is 0.467. The first-order chi connectivity index (χ1) is 10.3. The quantitative estimate of drug-likeness (QED) is 0.658. The van der Waals surface area contributed by atoms with Crippen LogP contribution in [-0.2, 0) is 14.3 Å². The summed E-state index contributed by atoms with van der Waals surface area (Å²) in [5, 5.41) is 0. The third kappa shape index (κ3) is 3.88. The van der Waals surface area contributed by atoms with Gasteiger partial charge in [0.2, 0.25) is 0 Å². The summed E-state index contributed by atoms with van der Waals surface area (Å²) in [5.74, 6) is -0.0246. The van der Waals surface area contributed by atoms with Gasteiger partial charge in [0.25, 0.3) is 0 Å². The molecule has 7 nitrogen and oxygen atoms in total. The summed E-state index contributed by atoms with van der Waals surface area (Å²) in [5.41, 5.74) is 5.49. The standard InChI is InChI=1S/C15H19NO6/c1-15(2,3)22-14(18)21-13(17)11(16)9-5-4-6-10-12(9)20-8-7-19-10/h4-6,11H,7-8,16H2,1-3H3. The van der Waals surface area contributed by atoms with Crippen molar-refractivity contribution in [3.63, 3.8) is 0 Å². The molecular weight excluding hydrogens is 290 g/mol. The average Bonchev–Trinajstić information content (AvgIpc) is 2.43. The van der Waals surface area contributed by atoms with Crippen LogP contribution in [0.5, 0.6) is 11.5 Å². The highest BCUT2D eigenvalue weighted by molar-refractivity contribution is 5.87. The van der Waals surface area contributed by atoms with Crippen molar-refractivity contribution in [2.75, 3.05) is 13.2 Å². The Labute approximate surface area is 128 Å². The molecule has 2 rings (SSSR count).